The lowest BCUT2D eigenvalue weighted by Gasteiger charge is -2.34. The van der Waals surface area contributed by atoms with Crippen molar-refractivity contribution in [3.63, 3.8) is 0 Å². The molecule has 0 bridgehead atoms. The number of para-hydroxylation sites is 2. The van der Waals surface area contributed by atoms with Crippen molar-refractivity contribution in [3.8, 4) is 0 Å². The monoisotopic (exact) mass is 485 g/mol. The van der Waals surface area contributed by atoms with Gasteiger partial charge in [-0.05, 0) is 30.2 Å². The van der Waals surface area contributed by atoms with E-state index >= 15 is 0 Å². The van der Waals surface area contributed by atoms with Crippen molar-refractivity contribution in [1.82, 2.24) is 15.3 Å². The molecule has 7 heteroatoms. The number of nitrogens with one attached hydrogen (secondary N) is 2. The lowest BCUT2D eigenvalue weighted by molar-refractivity contribution is -0.783. The number of thioether (sulfide) groups is 1. The maximum atomic E-state index is 13.9. The van der Waals surface area contributed by atoms with Crippen molar-refractivity contribution in [3.05, 3.63) is 96.1 Å². The number of rotatable bonds is 6. The van der Waals surface area contributed by atoms with Crippen molar-refractivity contribution < 1.29 is 14.1 Å². The topological polar surface area (TPSA) is 74.8 Å². The van der Waals surface area contributed by atoms with Crippen LogP contribution in [0.1, 0.15) is 36.9 Å². The third kappa shape index (κ3) is 4.61. The van der Waals surface area contributed by atoms with Crippen LogP contribution in [0.2, 0.25) is 0 Å². The summed E-state index contributed by atoms with van der Waals surface area (Å²) in [5, 5.41) is 3.93. The van der Waals surface area contributed by atoms with E-state index in [0.717, 1.165) is 35.0 Å². The molecular weight excluding hydrogens is 456 g/mol. The highest BCUT2D eigenvalue weighted by Crippen LogP contribution is 2.32. The normalized spacial score (nSPS) is 19.8. The fourth-order valence-electron chi connectivity index (χ4n) is 4.99. The molecule has 1 saturated heterocycles. The third-order valence-electron chi connectivity index (χ3n) is 6.93. The predicted molar refractivity (Wildman–Crippen MR) is 139 cm³/mol. The lowest BCUT2D eigenvalue weighted by Crippen LogP contribution is -2.63. The number of amides is 3. The van der Waals surface area contributed by atoms with Crippen molar-refractivity contribution in [2.24, 2.45) is 0 Å². The maximum Gasteiger partial charge on any atom is 0.425 e. The van der Waals surface area contributed by atoms with Crippen molar-refractivity contribution in [2.75, 3.05) is 12.3 Å². The molecule has 2 heterocycles. The first-order chi connectivity index (χ1) is 17.1. The molecule has 178 valence electrons. The van der Waals surface area contributed by atoms with Crippen LogP contribution in [-0.2, 0) is 4.79 Å². The van der Waals surface area contributed by atoms with Gasteiger partial charge in [0.2, 0.25) is 0 Å². The molecule has 1 unspecified atom stereocenters. The molecule has 35 heavy (non-hydrogen) atoms. The molecule has 0 aliphatic carbocycles. The van der Waals surface area contributed by atoms with Crippen LogP contribution in [0.5, 0.6) is 0 Å². The number of likely N-dealkylation sites (tertiary alicyclic amines) is 1. The molecule has 5 rings (SSSR count). The number of nitrogens with zero attached hydrogens (tertiary/aromatic N) is 2. The van der Waals surface area contributed by atoms with E-state index in [1.165, 1.54) is 11.8 Å². The number of urea groups is 1. The first kappa shape index (κ1) is 23.3. The van der Waals surface area contributed by atoms with Gasteiger partial charge in [0, 0.05) is 12.8 Å². The molecule has 6 nitrogen and oxygen atoms in total. The summed E-state index contributed by atoms with van der Waals surface area (Å²) in [7, 11) is 0. The van der Waals surface area contributed by atoms with Gasteiger partial charge < -0.3 is 4.98 Å². The summed E-state index contributed by atoms with van der Waals surface area (Å²) in [5.74, 6) is 0.0941. The van der Waals surface area contributed by atoms with Gasteiger partial charge in [0.25, 0.3) is 0 Å². The fourth-order valence-corrected chi connectivity index (χ4v) is 5.83. The van der Waals surface area contributed by atoms with E-state index in [1.807, 2.05) is 91.9 Å². The third-order valence-corrected chi connectivity index (χ3v) is 7.78. The Morgan fingerprint density at radius 3 is 2.23 bits per heavy atom. The van der Waals surface area contributed by atoms with E-state index in [2.05, 4.69) is 15.3 Å². The lowest BCUT2D eigenvalue weighted by atomic mass is 9.99. The van der Waals surface area contributed by atoms with Gasteiger partial charge in [-0.2, -0.15) is 4.48 Å². The first-order valence-electron chi connectivity index (χ1n) is 12.0. The van der Waals surface area contributed by atoms with Crippen LogP contribution in [0, 0.1) is 0 Å². The number of carbonyl (C=O) groups is 2. The number of hydrogen-bond donors (Lipinski definition) is 2. The van der Waals surface area contributed by atoms with E-state index < -0.39 is 0 Å². The number of quaternary nitrogens is 1. The molecule has 3 amide bonds. The van der Waals surface area contributed by atoms with Crippen LogP contribution in [-0.4, -0.2) is 44.7 Å². The minimum absolute atomic E-state index is 0.0778. The Bertz CT molecular complexity index is 1250. The second-order valence-electron chi connectivity index (χ2n) is 9.03. The molecule has 1 aromatic heterocycles. The minimum atomic E-state index is -0.330. The second kappa shape index (κ2) is 10.1. The molecule has 4 aromatic rings. The number of aromatic amines is 1. The van der Waals surface area contributed by atoms with Crippen LogP contribution < -0.4 is 5.32 Å². The molecule has 1 fully saturated rings. The van der Waals surface area contributed by atoms with Crippen LogP contribution in [0.15, 0.2) is 90.1 Å². The molecular formula is C28H29N4O2S+. The zero-order valence-corrected chi connectivity index (χ0v) is 20.5. The van der Waals surface area contributed by atoms with Gasteiger partial charge in [-0.25, -0.2) is 14.6 Å². The average Bonchev–Trinajstić information content (AvgIpc) is 3.50. The predicted octanol–water partition coefficient (Wildman–Crippen LogP) is 5.68. The number of aromatic nitrogens is 2. The molecule has 0 saturated carbocycles. The molecule has 2 N–H and O–H groups in total. The number of imidazole rings is 1. The highest BCUT2D eigenvalue weighted by Gasteiger charge is 2.52. The zero-order valence-electron chi connectivity index (χ0n) is 19.7. The first-order valence-corrected chi connectivity index (χ1v) is 13.0. The number of fused-ring (bicyclic) bond motifs is 1. The Morgan fingerprint density at radius 1 is 1.00 bits per heavy atom. The van der Waals surface area contributed by atoms with E-state index in [1.54, 1.807) is 0 Å². The second-order valence-corrected chi connectivity index (χ2v) is 9.99. The molecule has 3 aromatic carbocycles. The Balaban J connectivity index is 1.39. The summed E-state index contributed by atoms with van der Waals surface area (Å²) in [5.41, 5.74) is 3.78. The van der Waals surface area contributed by atoms with Gasteiger partial charge in [-0.3, -0.25) is 5.32 Å². The maximum absolute atomic E-state index is 13.9. The Morgan fingerprint density at radius 2 is 1.63 bits per heavy atom. The molecule has 2 atom stereocenters. The molecule has 1 aliphatic rings. The Hall–Kier alpha value is -3.42. The number of carbonyl (C=O) groups excluding carboxylic acids is 2. The Kier molecular flexibility index (Phi) is 6.70. The summed E-state index contributed by atoms with van der Waals surface area (Å²) in [4.78, 5) is 35.5. The van der Waals surface area contributed by atoms with Gasteiger partial charge in [0.15, 0.2) is 5.16 Å². The van der Waals surface area contributed by atoms with E-state index in [-0.39, 0.29) is 34.3 Å². The Labute approximate surface area is 209 Å². The smallest absolute Gasteiger partial charge is 0.333 e. The highest BCUT2D eigenvalue weighted by atomic mass is 32.2. The highest BCUT2D eigenvalue weighted by molar-refractivity contribution is 7.99. The van der Waals surface area contributed by atoms with Gasteiger partial charge in [-0.1, -0.05) is 84.6 Å². The molecule has 0 radical (unpaired) electrons. The summed E-state index contributed by atoms with van der Waals surface area (Å²) >= 11 is 1.36. The zero-order chi connectivity index (χ0) is 24.3. The van der Waals surface area contributed by atoms with Gasteiger partial charge in [-0.15, -0.1) is 0 Å². The summed E-state index contributed by atoms with van der Waals surface area (Å²) in [6.45, 7) is 2.53. The van der Waals surface area contributed by atoms with Gasteiger partial charge >= 0.3 is 11.9 Å². The molecule has 0 spiro atoms. The van der Waals surface area contributed by atoms with Gasteiger partial charge in [0.05, 0.1) is 23.6 Å². The van der Waals surface area contributed by atoms with Crippen LogP contribution >= 0.6 is 11.8 Å². The average molecular weight is 486 g/mol. The van der Waals surface area contributed by atoms with E-state index in [0.29, 0.717) is 11.7 Å². The quantitative estimate of drug-likeness (QED) is 0.272. The standard InChI is InChI=1S/C28H28N4O2S/c1-20-11-10-18-32(20,25(33)19-35-27-29-23-16-8-9-17-24(23)30-27)28(34)31-26(21-12-4-2-5-13-21)22-14-6-3-7-15-22/h2-9,12-17,20,26H,10-11,18-19H2,1H3,(H-,29,30,31,34)/p+1/t20-,32?/m1/s1. The number of benzene rings is 3. The van der Waals surface area contributed by atoms with Crippen LogP contribution in [0.25, 0.3) is 11.0 Å². The minimum Gasteiger partial charge on any atom is -0.333 e. The van der Waals surface area contributed by atoms with Crippen LogP contribution in [0.4, 0.5) is 4.79 Å². The largest absolute Gasteiger partial charge is 0.425 e. The van der Waals surface area contributed by atoms with Gasteiger partial charge in [0.1, 0.15) is 11.8 Å². The van der Waals surface area contributed by atoms with Crippen LogP contribution in [0.3, 0.4) is 0 Å². The number of H-pyrrole nitrogens is 1. The van der Waals surface area contributed by atoms with E-state index in [9.17, 15) is 9.59 Å². The van der Waals surface area contributed by atoms with Crippen molar-refractivity contribution in [1.29, 1.82) is 0 Å². The summed E-state index contributed by atoms with van der Waals surface area (Å²) in [6.07, 6.45) is 1.69. The number of hydrogen-bond acceptors (Lipinski definition) is 4. The summed E-state index contributed by atoms with van der Waals surface area (Å²) < 4.78 is -0.177. The van der Waals surface area contributed by atoms with Crippen molar-refractivity contribution >= 4 is 34.7 Å². The SMILES string of the molecule is C[C@@H]1CCC[N+]1(C(=O)CSc1nc2ccccc2[nH]1)C(=O)NC(c1ccccc1)c1ccccc1. The number of imide groups is 1. The fraction of sp³-hybridized carbons (Fsp3) is 0.250. The van der Waals surface area contributed by atoms with Crippen molar-refractivity contribution in [2.45, 2.75) is 37.0 Å². The summed E-state index contributed by atoms with van der Waals surface area (Å²) in [6, 6.07) is 27.0. The van der Waals surface area contributed by atoms with E-state index in [4.69, 9.17) is 0 Å². The molecule has 1 aliphatic heterocycles.